The maximum atomic E-state index is 9.66. The molecule has 0 unspecified atom stereocenters. The van der Waals surface area contributed by atoms with E-state index in [1.165, 1.54) is 0 Å². The molecular formula is C13H10N2O2S. The zero-order valence-electron chi connectivity index (χ0n) is 9.62. The minimum atomic E-state index is 0.225. The molecule has 0 amide bonds. The third kappa shape index (κ3) is 1.89. The molecule has 90 valence electrons. The summed E-state index contributed by atoms with van der Waals surface area (Å²) < 4.78 is 5.20. The molecule has 18 heavy (non-hydrogen) atoms. The molecule has 0 radical (unpaired) electrons. The molecule has 0 saturated carbocycles. The van der Waals surface area contributed by atoms with Crippen LogP contribution in [0.15, 0.2) is 40.2 Å². The van der Waals surface area contributed by atoms with Crippen molar-refractivity contribution in [2.75, 3.05) is 0 Å². The van der Waals surface area contributed by atoms with Crippen LogP contribution in [0.4, 0.5) is 0 Å². The number of benzene rings is 1. The summed E-state index contributed by atoms with van der Waals surface area (Å²) in [6.45, 7) is 1.84. The monoisotopic (exact) mass is 258 g/mol. The molecule has 0 atom stereocenters. The summed E-state index contributed by atoms with van der Waals surface area (Å²) in [5, 5.41) is 15.6. The number of aromatic hydroxyl groups is 1. The second kappa shape index (κ2) is 4.27. The normalized spacial score (nSPS) is 10.7. The molecule has 0 aliphatic carbocycles. The van der Waals surface area contributed by atoms with E-state index in [0.717, 1.165) is 10.4 Å². The summed E-state index contributed by atoms with van der Waals surface area (Å²) >= 11 is 1.56. The Kier molecular flexibility index (Phi) is 2.60. The lowest BCUT2D eigenvalue weighted by Gasteiger charge is -1.99. The summed E-state index contributed by atoms with van der Waals surface area (Å²) in [6.07, 6.45) is 0. The van der Waals surface area contributed by atoms with E-state index in [1.807, 2.05) is 36.6 Å². The second-order valence-corrected chi connectivity index (χ2v) is 4.85. The first-order valence-corrected chi connectivity index (χ1v) is 6.29. The van der Waals surface area contributed by atoms with E-state index in [9.17, 15) is 5.11 Å². The van der Waals surface area contributed by atoms with Crippen molar-refractivity contribution >= 4 is 11.3 Å². The molecular weight excluding hydrogens is 248 g/mol. The zero-order chi connectivity index (χ0) is 12.5. The molecule has 0 aliphatic rings. The van der Waals surface area contributed by atoms with Crippen LogP contribution in [0.5, 0.6) is 5.75 Å². The van der Waals surface area contributed by atoms with Crippen LogP contribution in [0.2, 0.25) is 0 Å². The third-order valence-corrected chi connectivity index (χ3v) is 3.49. The molecule has 1 N–H and O–H groups in total. The minimum Gasteiger partial charge on any atom is -0.508 e. The Hall–Kier alpha value is -2.14. The number of hydrogen-bond donors (Lipinski definition) is 1. The van der Waals surface area contributed by atoms with E-state index in [1.54, 1.807) is 17.4 Å². The van der Waals surface area contributed by atoms with E-state index in [4.69, 9.17) is 4.52 Å². The van der Waals surface area contributed by atoms with Gasteiger partial charge in [-0.15, -0.1) is 11.3 Å². The van der Waals surface area contributed by atoms with Gasteiger partial charge in [0.25, 0.3) is 5.89 Å². The maximum absolute atomic E-state index is 9.66. The lowest BCUT2D eigenvalue weighted by Crippen LogP contribution is -1.80. The van der Waals surface area contributed by atoms with Gasteiger partial charge in [0.2, 0.25) is 5.82 Å². The molecule has 0 aliphatic heterocycles. The van der Waals surface area contributed by atoms with Crippen molar-refractivity contribution in [1.29, 1.82) is 0 Å². The van der Waals surface area contributed by atoms with Crippen LogP contribution in [0.3, 0.4) is 0 Å². The van der Waals surface area contributed by atoms with Crippen LogP contribution in [0, 0.1) is 6.92 Å². The predicted octanol–water partition coefficient (Wildman–Crippen LogP) is 3.48. The zero-order valence-corrected chi connectivity index (χ0v) is 10.4. The van der Waals surface area contributed by atoms with Gasteiger partial charge in [0, 0.05) is 5.56 Å². The van der Waals surface area contributed by atoms with Gasteiger partial charge in [0.1, 0.15) is 5.75 Å². The molecule has 0 fully saturated rings. The van der Waals surface area contributed by atoms with Crippen LogP contribution in [0.25, 0.3) is 22.2 Å². The highest BCUT2D eigenvalue weighted by Crippen LogP contribution is 2.28. The smallest absolute Gasteiger partial charge is 0.258 e. The van der Waals surface area contributed by atoms with E-state index in [2.05, 4.69) is 10.1 Å². The van der Waals surface area contributed by atoms with Crippen molar-refractivity contribution in [3.05, 3.63) is 41.3 Å². The third-order valence-electron chi connectivity index (χ3n) is 2.62. The van der Waals surface area contributed by atoms with Crippen LogP contribution in [-0.4, -0.2) is 15.2 Å². The predicted molar refractivity (Wildman–Crippen MR) is 69.4 cm³/mol. The Morgan fingerprint density at radius 2 is 2.17 bits per heavy atom. The molecule has 2 heterocycles. The van der Waals surface area contributed by atoms with Crippen molar-refractivity contribution in [3.63, 3.8) is 0 Å². The van der Waals surface area contributed by atoms with Crippen molar-refractivity contribution in [3.8, 4) is 27.9 Å². The van der Waals surface area contributed by atoms with Crippen molar-refractivity contribution in [2.24, 2.45) is 0 Å². The first-order valence-electron chi connectivity index (χ1n) is 5.41. The Morgan fingerprint density at radius 1 is 1.28 bits per heavy atom. The van der Waals surface area contributed by atoms with Gasteiger partial charge in [-0.3, -0.25) is 0 Å². The first kappa shape index (κ1) is 11.0. The van der Waals surface area contributed by atoms with Gasteiger partial charge in [-0.25, -0.2) is 0 Å². The molecule has 3 aromatic rings. The standard InChI is InChI=1S/C13H10N2O2S/c1-8-4-5-9(7-10(8)16)13-14-12(15-17-13)11-3-2-6-18-11/h2-7,16H,1H3. The number of aryl methyl sites for hydroxylation is 1. The number of aromatic nitrogens is 2. The summed E-state index contributed by atoms with van der Waals surface area (Å²) in [5.41, 5.74) is 1.53. The number of phenolic OH excluding ortho intramolecular Hbond substituents is 1. The van der Waals surface area contributed by atoms with Crippen LogP contribution in [0.1, 0.15) is 5.56 Å². The van der Waals surface area contributed by atoms with Gasteiger partial charge in [-0.1, -0.05) is 17.3 Å². The Labute approximate surface area is 108 Å². The topological polar surface area (TPSA) is 59.2 Å². The van der Waals surface area contributed by atoms with Crippen LogP contribution >= 0.6 is 11.3 Å². The van der Waals surface area contributed by atoms with E-state index < -0.39 is 0 Å². The minimum absolute atomic E-state index is 0.225. The van der Waals surface area contributed by atoms with Crippen molar-refractivity contribution in [1.82, 2.24) is 10.1 Å². The summed E-state index contributed by atoms with van der Waals surface area (Å²) in [5.74, 6) is 1.21. The molecule has 0 saturated heterocycles. The van der Waals surface area contributed by atoms with Gasteiger partial charge in [0.05, 0.1) is 4.88 Å². The number of thiophene rings is 1. The average Bonchev–Trinajstić information content (AvgIpc) is 3.01. The average molecular weight is 258 g/mol. The van der Waals surface area contributed by atoms with Gasteiger partial charge in [0.15, 0.2) is 0 Å². The highest BCUT2D eigenvalue weighted by atomic mass is 32.1. The molecule has 3 rings (SSSR count). The lowest BCUT2D eigenvalue weighted by atomic mass is 10.1. The fourth-order valence-corrected chi connectivity index (χ4v) is 2.24. The molecule has 5 heteroatoms. The SMILES string of the molecule is Cc1ccc(-c2nc(-c3cccs3)no2)cc1O. The molecule has 0 spiro atoms. The van der Waals surface area contributed by atoms with Crippen LogP contribution < -0.4 is 0 Å². The number of phenols is 1. The first-order chi connectivity index (χ1) is 8.74. The van der Waals surface area contributed by atoms with Crippen molar-refractivity contribution in [2.45, 2.75) is 6.92 Å². The number of nitrogens with zero attached hydrogens (tertiary/aromatic N) is 2. The molecule has 2 aromatic heterocycles. The molecule has 0 bridgehead atoms. The summed E-state index contributed by atoms with van der Waals surface area (Å²) in [6, 6.07) is 9.17. The second-order valence-electron chi connectivity index (χ2n) is 3.90. The summed E-state index contributed by atoms with van der Waals surface area (Å²) in [4.78, 5) is 5.27. The van der Waals surface area contributed by atoms with E-state index >= 15 is 0 Å². The fraction of sp³-hybridized carbons (Fsp3) is 0.0769. The highest BCUT2D eigenvalue weighted by Gasteiger charge is 2.12. The highest BCUT2D eigenvalue weighted by molar-refractivity contribution is 7.13. The largest absolute Gasteiger partial charge is 0.508 e. The van der Waals surface area contributed by atoms with Crippen LogP contribution in [-0.2, 0) is 0 Å². The lowest BCUT2D eigenvalue weighted by molar-refractivity contribution is 0.431. The Balaban J connectivity index is 2.00. The van der Waals surface area contributed by atoms with Gasteiger partial charge >= 0.3 is 0 Å². The fourth-order valence-electron chi connectivity index (χ4n) is 1.59. The van der Waals surface area contributed by atoms with Gasteiger partial charge in [-0.05, 0) is 36.1 Å². The summed E-state index contributed by atoms with van der Waals surface area (Å²) in [7, 11) is 0. The van der Waals surface area contributed by atoms with Gasteiger partial charge < -0.3 is 9.63 Å². The maximum Gasteiger partial charge on any atom is 0.258 e. The van der Waals surface area contributed by atoms with E-state index in [0.29, 0.717) is 17.3 Å². The number of rotatable bonds is 2. The Bertz CT molecular complexity index is 674. The Morgan fingerprint density at radius 3 is 2.89 bits per heavy atom. The number of hydrogen-bond acceptors (Lipinski definition) is 5. The molecule has 4 nitrogen and oxygen atoms in total. The van der Waals surface area contributed by atoms with Crippen molar-refractivity contribution < 1.29 is 9.63 Å². The molecule has 1 aromatic carbocycles. The van der Waals surface area contributed by atoms with E-state index in [-0.39, 0.29) is 5.75 Å². The quantitative estimate of drug-likeness (QED) is 0.764. The van der Waals surface area contributed by atoms with Gasteiger partial charge in [-0.2, -0.15) is 4.98 Å².